The molecule has 1 fully saturated rings. The average Bonchev–Trinajstić information content (AvgIpc) is 0.768. The number of aromatic hydroxyl groups is 8. The van der Waals surface area contributed by atoms with E-state index in [1.165, 1.54) is 110 Å². The summed E-state index contributed by atoms with van der Waals surface area (Å²) in [5.41, 5.74) is 18.0. The number of ether oxygens (including phenoxy) is 2. The molecule has 0 saturated carbocycles. The Labute approximate surface area is 695 Å². The van der Waals surface area contributed by atoms with Gasteiger partial charge in [0.25, 0.3) is 15.8 Å². The minimum Gasteiger partial charge on any atom is -0.508 e. The molecule has 3 aromatic heterocycles. The highest BCUT2D eigenvalue weighted by molar-refractivity contribution is 7.85. The number of amides is 3. The number of nitro benzene ring substituents is 2. The summed E-state index contributed by atoms with van der Waals surface area (Å²) >= 11 is 0. The minimum absolute atomic E-state index is 0.00775. The maximum Gasteiger partial charge on any atom is 0.328 e. The summed E-state index contributed by atoms with van der Waals surface area (Å²) in [5, 5.41) is 161. The van der Waals surface area contributed by atoms with Crippen molar-refractivity contribution < 1.29 is 136 Å². The van der Waals surface area contributed by atoms with Crippen LogP contribution in [0.3, 0.4) is 0 Å². The molecule has 24 N–H and O–H groups in total. The van der Waals surface area contributed by atoms with E-state index in [4.69, 9.17) is 54.7 Å². The number of carbonyl (C=O) groups is 4. The number of nitrogens with two attached hydrogens (primary N) is 3. The normalized spacial score (nSPS) is 15.4. The molecule has 0 spiro atoms. The van der Waals surface area contributed by atoms with Gasteiger partial charge in [0, 0.05) is 36.2 Å². The number of guanidine groups is 1. The van der Waals surface area contributed by atoms with Gasteiger partial charge in [0.05, 0.1) is 79.5 Å². The third kappa shape index (κ3) is 23.6. The summed E-state index contributed by atoms with van der Waals surface area (Å²) in [6.07, 6.45) is -2.63. The Bertz CT molecular complexity index is 6270. The number of phenolic OH excluding ortho intramolecular Hbond substituents is 8. The number of carbonyl (C=O) groups excluding carboxylic acids is 3. The molecule has 42 nitrogen and oxygen atoms in total. The Kier molecular flexibility index (Phi) is 30.7. The highest BCUT2D eigenvalue weighted by Crippen LogP contribution is 2.41. The Balaban J connectivity index is 0.000000179. The van der Waals surface area contributed by atoms with Crippen LogP contribution >= 0.6 is 0 Å². The van der Waals surface area contributed by atoms with Crippen LogP contribution in [0.25, 0.3) is 77.1 Å². The molecule has 124 heavy (non-hydrogen) atoms. The van der Waals surface area contributed by atoms with Gasteiger partial charge in [-0.2, -0.15) is 8.42 Å². The zero-order valence-corrected chi connectivity index (χ0v) is 64.8. The summed E-state index contributed by atoms with van der Waals surface area (Å²) in [6.45, 7) is -1.74. The van der Waals surface area contributed by atoms with E-state index < -0.39 is 145 Å². The molecule has 1 aliphatic rings. The summed E-state index contributed by atoms with van der Waals surface area (Å²) in [6, 6.07) is 35.2. The van der Waals surface area contributed by atoms with Crippen LogP contribution in [0.4, 0.5) is 11.4 Å². The lowest BCUT2D eigenvalue weighted by Crippen LogP contribution is -2.60. The van der Waals surface area contributed by atoms with E-state index >= 15 is 0 Å². The van der Waals surface area contributed by atoms with Crippen molar-refractivity contribution in [3.63, 3.8) is 0 Å². The number of carboxylic acid groups (broad SMARTS) is 1. The van der Waals surface area contributed by atoms with Crippen LogP contribution in [0.1, 0.15) is 18.4 Å². The average molecular weight is 1740 g/mol. The number of carboxylic acids is 1. The van der Waals surface area contributed by atoms with Gasteiger partial charge in [-0.1, -0.05) is 48.5 Å². The Morgan fingerprint density at radius 2 is 1.04 bits per heavy atom. The van der Waals surface area contributed by atoms with Gasteiger partial charge in [-0.25, -0.2) is 4.79 Å². The first kappa shape index (κ1) is 92.5. The Hall–Kier alpha value is -15.4. The molecular formula is C81H77N9O33S. The van der Waals surface area contributed by atoms with Crippen molar-refractivity contribution in [1.82, 2.24) is 16.0 Å². The molecular weight excluding hydrogens is 1660 g/mol. The van der Waals surface area contributed by atoms with Gasteiger partial charge in [0.15, 0.2) is 16.8 Å². The van der Waals surface area contributed by atoms with E-state index in [-0.39, 0.29) is 116 Å². The van der Waals surface area contributed by atoms with Crippen LogP contribution in [-0.2, 0) is 40.5 Å². The molecule has 0 unspecified atom stereocenters. The monoisotopic (exact) mass is 1740 g/mol. The number of benzene rings is 9. The fraction of sp³-hybridized carbons (Fsp3) is 0.185. The number of non-ortho nitro benzene ring substituents is 1. The smallest absolute Gasteiger partial charge is 0.328 e. The molecule has 13 rings (SSSR count). The number of rotatable bonds is 23. The Morgan fingerprint density at radius 3 is 1.55 bits per heavy atom. The van der Waals surface area contributed by atoms with Crippen molar-refractivity contribution >= 4 is 94.8 Å². The maximum absolute atomic E-state index is 12.8. The molecule has 8 atom stereocenters. The fourth-order valence-electron chi connectivity index (χ4n) is 11.9. The highest BCUT2D eigenvalue weighted by atomic mass is 32.2. The van der Waals surface area contributed by atoms with Crippen molar-refractivity contribution in [2.45, 2.75) is 73.0 Å². The van der Waals surface area contributed by atoms with Crippen molar-refractivity contribution in [3.05, 3.63) is 245 Å². The van der Waals surface area contributed by atoms with Crippen LogP contribution in [-0.4, -0.2) is 199 Å². The lowest BCUT2D eigenvalue weighted by molar-refractivity contribution is -0.393. The molecule has 0 aliphatic carbocycles. The maximum atomic E-state index is 12.8. The van der Waals surface area contributed by atoms with Crippen LogP contribution in [0.5, 0.6) is 51.7 Å². The number of aliphatic carboxylic acids is 1. The predicted octanol–water partition coefficient (Wildman–Crippen LogP) is 3.88. The number of phenols is 8. The van der Waals surface area contributed by atoms with E-state index in [0.29, 0.717) is 55.8 Å². The number of nitro groups is 2. The molecule has 0 bridgehead atoms. The van der Waals surface area contributed by atoms with Gasteiger partial charge in [-0.05, 0) is 133 Å². The first-order valence-electron chi connectivity index (χ1n) is 36.2. The third-order valence-corrected chi connectivity index (χ3v) is 19.1. The van der Waals surface area contributed by atoms with Crippen LogP contribution in [0.2, 0.25) is 0 Å². The number of nitrogens with zero attached hydrogens (tertiary/aromatic N) is 3. The topological polar surface area (TPSA) is 728 Å². The van der Waals surface area contributed by atoms with Gasteiger partial charge in [-0.15, -0.1) is 0 Å². The van der Waals surface area contributed by atoms with Crippen molar-refractivity contribution in [2.75, 3.05) is 26.3 Å². The first-order chi connectivity index (χ1) is 58.7. The molecule has 1 aliphatic heterocycles. The summed E-state index contributed by atoms with van der Waals surface area (Å²) in [7, 11) is -4.63. The molecule has 9 aromatic carbocycles. The zero-order valence-electron chi connectivity index (χ0n) is 64.0. The van der Waals surface area contributed by atoms with E-state index in [1.54, 1.807) is 48.5 Å². The lowest BCUT2D eigenvalue weighted by Gasteiger charge is -2.39. The predicted molar refractivity (Wildman–Crippen MR) is 438 cm³/mol. The molecule has 43 heteroatoms. The summed E-state index contributed by atoms with van der Waals surface area (Å²) < 4.78 is 58.1. The Morgan fingerprint density at radius 1 is 0.548 bits per heavy atom. The number of hydrogen-bond acceptors (Lipinski definition) is 33. The van der Waals surface area contributed by atoms with Gasteiger partial charge < -0.3 is 127 Å². The molecule has 0 radical (unpaired) electrons. The lowest BCUT2D eigenvalue weighted by atomic mass is 9.99. The SMILES string of the molecule is NC(N)=NCCC[C@H](NC(=O)CNC(=O)[C@@H](N)Cc1ccc(O)cc1)C(=O)N[C@@H](CO)C(=O)O.O=[N+]([O-])c1cc([N+](=O)[O-])c2ccc(S(=O)(=O)O)cc2c1O.O=c1c(-c2ccc(O)cc2)coc2cc(O)cc(O)c12.O=c1c(-c2ccc(O)cc2)coc2cc(O)ccc12.O=c1c(-c2ccc(O)cc2)coc2cc(O[C@@H]3O[C@H](CO)[C@@H](O)[C@H](O)[C@H]3O)ccc12. The first-order valence-corrected chi connectivity index (χ1v) is 37.7. The second-order valence-corrected chi connectivity index (χ2v) is 28.3. The van der Waals surface area contributed by atoms with Crippen molar-refractivity contribution in [1.29, 1.82) is 0 Å². The number of aliphatic hydroxyl groups is 5. The molecule has 4 heterocycles. The molecule has 12 aromatic rings. The zero-order chi connectivity index (χ0) is 90.7. The number of nitrogens with one attached hydrogen (secondary N) is 3. The highest BCUT2D eigenvalue weighted by Gasteiger charge is 2.45. The number of hydrogen-bond donors (Lipinski definition) is 21. The molecule has 650 valence electrons. The number of aliphatic hydroxyl groups excluding tert-OH is 5. The quantitative estimate of drug-likeness (QED) is 0.0108. The molecule has 3 amide bonds. The second-order valence-electron chi connectivity index (χ2n) is 26.9. The summed E-state index contributed by atoms with van der Waals surface area (Å²) in [5.74, 6) is -4.59. The van der Waals surface area contributed by atoms with E-state index in [2.05, 4.69) is 20.9 Å². The van der Waals surface area contributed by atoms with E-state index in [9.17, 15) is 123 Å². The van der Waals surface area contributed by atoms with Crippen LogP contribution in [0, 0.1) is 20.2 Å². The fourth-order valence-corrected chi connectivity index (χ4v) is 12.4. The van der Waals surface area contributed by atoms with Crippen molar-refractivity contribution in [2.24, 2.45) is 22.2 Å². The molecule has 1 saturated heterocycles. The van der Waals surface area contributed by atoms with Gasteiger partial charge >= 0.3 is 11.7 Å². The number of aliphatic imine (C=N–C) groups is 1. The van der Waals surface area contributed by atoms with Gasteiger partial charge in [0.1, 0.15) is 123 Å². The summed E-state index contributed by atoms with van der Waals surface area (Å²) in [4.78, 5) is 108. The van der Waals surface area contributed by atoms with Gasteiger partial charge in [0.2, 0.25) is 35.2 Å². The largest absolute Gasteiger partial charge is 0.508 e. The van der Waals surface area contributed by atoms with E-state index in [1.807, 2.05) is 0 Å². The van der Waals surface area contributed by atoms with E-state index in [0.717, 1.165) is 24.3 Å². The van der Waals surface area contributed by atoms with Crippen LogP contribution < -0.4 is 54.2 Å². The standard InChI is InChI=1S/C21H20O9.C20H31N7O7.C15H10O5.C15H10O4.C10H6N2O8S/c22-8-16-18(25)19(26)20(27)21(30-16)29-12-5-6-13-15(7-12)28-9-14(17(13)24)10-1-3-11(23)4-2-10;21-13(8-11-3-5-12(29)6-4-11)17(31)25-9-16(30)26-14(2-1-7-24-20(22)23)18(32)27-15(10-28)19(33)34;16-9-3-1-8(2-4-9)11-7-20-13-6-10(17)5-12(18)14(13)15(11)19;16-10-3-1-9(2-4-10)13-8-19-14-7-11(17)5-6-12(14)15(13)18;13-10-7-3-5(21(18,19)20)1-2-6(7)8(11(14)15)4-9(10)12(16)17/h1-7,9,16,18-23,25-27H,8H2;3-6,13-15,28-29H,1-2,7-10,21H2,(H,25,31)(H,26,30)(H,27,32)(H,33,34)(H4,22,23,24);1-7,16-18H;1-8,16-17H;1-4,13H,(H,18,19,20)/t16-,18-,19+,20-,21-;13-,14-,15-;;;/m10.../s1. The van der Waals surface area contributed by atoms with Crippen LogP contribution in [0.15, 0.2) is 226 Å². The van der Waals surface area contributed by atoms with Gasteiger partial charge in [-0.3, -0.25) is 58.5 Å². The number of fused-ring (bicyclic) bond motifs is 4. The van der Waals surface area contributed by atoms with Crippen molar-refractivity contribution in [3.8, 4) is 85.1 Å². The second kappa shape index (κ2) is 41.1. The third-order valence-electron chi connectivity index (χ3n) is 18.3. The minimum atomic E-state index is -4.63.